The number of non-ortho nitro benzene ring substituents is 1. The van der Waals surface area contributed by atoms with Gasteiger partial charge < -0.3 is 10.2 Å². The molecular weight excluding hydrogens is 249 g/mol. The van der Waals surface area contributed by atoms with Crippen LogP contribution in [-0.4, -0.2) is 30.6 Å². The molecule has 0 saturated carbocycles. The Balaban J connectivity index is 2.28. The van der Waals surface area contributed by atoms with E-state index in [0.717, 1.165) is 38.5 Å². The van der Waals surface area contributed by atoms with E-state index in [9.17, 15) is 14.5 Å². The largest absolute Gasteiger partial charge is 0.365 e. The molecule has 1 unspecified atom stereocenters. The quantitative estimate of drug-likeness (QED) is 0.657. The molecule has 1 aliphatic heterocycles. The topological polar surface area (TPSA) is 58.4 Å². The van der Waals surface area contributed by atoms with E-state index >= 15 is 0 Å². The van der Waals surface area contributed by atoms with Crippen molar-refractivity contribution in [2.75, 3.05) is 24.5 Å². The smallest absolute Gasteiger partial charge is 0.272 e. The first kappa shape index (κ1) is 13.7. The van der Waals surface area contributed by atoms with E-state index in [0.29, 0.717) is 5.69 Å². The molecule has 19 heavy (non-hydrogen) atoms. The summed E-state index contributed by atoms with van der Waals surface area (Å²) in [7, 11) is 0. The Morgan fingerprint density at radius 2 is 2.37 bits per heavy atom. The molecule has 0 aromatic heterocycles. The third kappa shape index (κ3) is 3.01. The average Bonchev–Trinajstić information content (AvgIpc) is 2.90. The summed E-state index contributed by atoms with van der Waals surface area (Å²) in [6.45, 7) is 4.55. The van der Waals surface area contributed by atoms with Gasteiger partial charge in [-0.1, -0.05) is 6.92 Å². The lowest BCUT2D eigenvalue weighted by Gasteiger charge is -2.30. The number of nitrogens with one attached hydrogen (secondary N) is 1. The first-order valence-corrected chi connectivity index (χ1v) is 6.54. The van der Waals surface area contributed by atoms with Crippen molar-refractivity contribution in [3.05, 3.63) is 34.1 Å². The van der Waals surface area contributed by atoms with Gasteiger partial charge in [0.05, 0.1) is 16.7 Å². The van der Waals surface area contributed by atoms with Crippen molar-refractivity contribution in [2.24, 2.45) is 0 Å². The predicted octanol–water partition coefficient (Wildman–Crippen LogP) is 2.31. The van der Waals surface area contributed by atoms with Crippen LogP contribution >= 0.6 is 0 Å². The van der Waals surface area contributed by atoms with E-state index in [1.165, 1.54) is 12.1 Å². The molecule has 1 fully saturated rings. The van der Waals surface area contributed by atoms with E-state index in [4.69, 9.17) is 0 Å². The normalized spacial score (nSPS) is 18.5. The number of hydrogen-bond donors (Lipinski definition) is 1. The first-order valence-electron chi connectivity index (χ1n) is 6.54. The molecule has 1 atom stereocenters. The molecule has 1 aliphatic rings. The van der Waals surface area contributed by atoms with Crippen LogP contribution in [0.4, 0.5) is 15.8 Å². The van der Waals surface area contributed by atoms with E-state index in [1.54, 1.807) is 0 Å². The minimum absolute atomic E-state index is 0.206. The summed E-state index contributed by atoms with van der Waals surface area (Å²) >= 11 is 0. The molecule has 1 aromatic carbocycles. The second-order valence-corrected chi connectivity index (χ2v) is 4.73. The maximum Gasteiger partial charge on any atom is 0.272 e. The third-order valence-corrected chi connectivity index (χ3v) is 3.39. The summed E-state index contributed by atoms with van der Waals surface area (Å²) in [6.07, 6.45) is 1.88. The third-order valence-electron chi connectivity index (χ3n) is 3.39. The number of benzene rings is 1. The number of nitro benzene ring substituents is 1. The summed E-state index contributed by atoms with van der Waals surface area (Å²) in [5, 5.41) is 13.9. The molecule has 2 rings (SSSR count). The lowest BCUT2D eigenvalue weighted by molar-refractivity contribution is -0.385. The van der Waals surface area contributed by atoms with Crippen LogP contribution in [0, 0.1) is 15.9 Å². The van der Waals surface area contributed by atoms with Gasteiger partial charge in [-0.15, -0.1) is 0 Å². The van der Waals surface area contributed by atoms with Crippen LogP contribution < -0.4 is 10.2 Å². The number of anilines is 1. The predicted molar refractivity (Wildman–Crippen MR) is 72.0 cm³/mol. The van der Waals surface area contributed by atoms with Gasteiger partial charge in [-0.3, -0.25) is 10.1 Å². The Labute approximate surface area is 111 Å². The van der Waals surface area contributed by atoms with Crippen molar-refractivity contribution in [3.63, 3.8) is 0 Å². The molecule has 1 heterocycles. The SMILES string of the molecule is CCCN(c1ccc([N+](=O)[O-])cc1F)C1CCNC1. The molecule has 1 saturated heterocycles. The van der Waals surface area contributed by atoms with Crippen molar-refractivity contribution in [1.29, 1.82) is 0 Å². The van der Waals surface area contributed by atoms with Crippen LogP contribution in [0.3, 0.4) is 0 Å². The summed E-state index contributed by atoms with van der Waals surface area (Å²) in [6, 6.07) is 4.14. The Bertz CT molecular complexity index is 461. The van der Waals surface area contributed by atoms with Gasteiger partial charge in [0.1, 0.15) is 0 Å². The van der Waals surface area contributed by atoms with Gasteiger partial charge in [0.15, 0.2) is 5.82 Å². The summed E-state index contributed by atoms with van der Waals surface area (Å²) < 4.78 is 14.1. The molecule has 6 heteroatoms. The maximum atomic E-state index is 14.1. The number of rotatable bonds is 5. The van der Waals surface area contributed by atoms with Crippen molar-refractivity contribution in [3.8, 4) is 0 Å². The van der Waals surface area contributed by atoms with Crippen LogP contribution in [0.25, 0.3) is 0 Å². The van der Waals surface area contributed by atoms with Crippen LogP contribution in [0.1, 0.15) is 19.8 Å². The lowest BCUT2D eigenvalue weighted by atomic mass is 10.1. The monoisotopic (exact) mass is 267 g/mol. The first-order chi connectivity index (χ1) is 9.13. The second-order valence-electron chi connectivity index (χ2n) is 4.73. The van der Waals surface area contributed by atoms with Gasteiger partial charge in [0.2, 0.25) is 0 Å². The van der Waals surface area contributed by atoms with Gasteiger partial charge in [-0.2, -0.15) is 0 Å². The molecule has 1 N–H and O–H groups in total. The Morgan fingerprint density at radius 3 is 2.89 bits per heavy atom. The molecular formula is C13H18FN3O2. The van der Waals surface area contributed by atoms with Gasteiger partial charge in [0.25, 0.3) is 5.69 Å². The van der Waals surface area contributed by atoms with Crippen molar-refractivity contribution >= 4 is 11.4 Å². The minimum Gasteiger partial charge on any atom is -0.365 e. The van der Waals surface area contributed by atoms with E-state index in [2.05, 4.69) is 5.32 Å². The van der Waals surface area contributed by atoms with E-state index in [-0.39, 0.29) is 11.7 Å². The summed E-state index contributed by atoms with van der Waals surface area (Å²) in [4.78, 5) is 12.1. The van der Waals surface area contributed by atoms with Gasteiger partial charge >= 0.3 is 0 Å². The van der Waals surface area contributed by atoms with Crippen molar-refractivity contribution in [2.45, 2.75) is 25.8 Å². The zero-order valence-corrected chi connectivity index (χ0v) is 10.9. The maximum absolute atomic E-state index is 14.1. The summed E-state index contributed by atoms with van der Waals surface area (Å²) in [5.41, 5.74) is 0.253. The number of nitrogens with zero attached hydrogens (tertiary/aromatic N) is 2. The van der Waals surface area contributed by atoms with Crippen LogP contribution in [-0.2, 0) is 0 Å². The molecule has 0 amide bonds. The molecule has 0 bridgehead atoms. The molecule has 5 nitrogen and oxygen atoms in total. The Kier molecular flexibility index (Phi) is 4.31. The van der Waals surface area contributed by atoms with E-state index in [1.807, 2.05) is 11.8 Å². The van der Waals surface area contributed by atoms with Crippen molar-refractivity contribution in [1.82, 2.24) is 5.32 Å². The van der Waals surface area contributed by atoms with Gasteiger partial charge in [-0.25, -0.2) is 4.39 Å². The highest BCUT2D eigenvalue weighted by Gasteiger charge is 2.24. The highest BCUT2D eigenvalue weighted by Crippen LogP contribution is 2.27. The zero-order chi connectivity index (χ0) is 13.8. The molecule has 0 aliphatic carbocycles. The van der Waals surface area contributed by atoms with Crippen LogP contribution in [0.5, 0.6) is 0 Å². The molecule has 0 radical (unpaired) electrons. The Morgan fingerprint density at radius 1 is 1.58 bits per heavy atom. The number of nitro groups is 1. The second kappa shape index (κ2) is 5.97. The fourth-order valence-electron chi connectivity index (χ4n) is 2.49. The van der Waals surface area contributed by atoms with E-state index < -0.39 is 10.7 Å². The average molecular weight is 267 g/mol. The zero-order valence-electron chi connectivity index (χ0n) is 10.9. The van der Waals surface area contributed by atoms with Gasteiger partial charge in [-0.05, 0) is 25.5 Å². The van der Waals surface area contributed by atoms with Crippen molar-refractivity contribution < 1.29 is 9.31 Å². The van der Waals surface area contributed by atoms with Crippen LogP contribution in [0.15, 0.2) is 18.2 Å². The molecule has 104 valence electrons. The minimum atomic E-state index is -0.575. The van der Waals surface area contributed by atoms with Crippen LogP contribution in [0.2, 0.25) is 0 Å². The number of hydrogen-bond acceptors (Lipinski definition) is 4. The van der Waals surface area contributed by atoms with Gasteiger partial charge in [0, 0.05) is 25.2 Å². The summed E-state index contributed by atoms with van der Waals surface area (Å²) in [5.74, 6) is -0.519. The fourth-order valence-corrected chi connectivity index (χ4v) is 2.49. The standard InChI is InChI=1S/C13H18FN3O2/c1-2-7-16(11-5-6-15-9-11)13-4-3-10(17(18)19)8-12(13)14/h3-4,8,11,15H,2,5-7,9H2,1H3. The molecule has 1 aromatic rings. The highest BCUT2D eigenvalue weighted by molar-refractivity contribution is 5.53. The lowest BCUT2D eigenvalue weighted by Crippen LogP contribution is -2.38. The molecule has 0 spiro atoms. The Hall–Kier alpha value is -1.69. The highest BCUT2D eigenvalue weighted by atomic mass is 19.1. The number of halogens is 1. The fraction of sp³-hybridized carbons (Fsp3) is 0.538.